The van der Waals surface area contributed by atoms with E-state index in [0.717, 1.165) is 18.3 Å². The molecule has 3 aromatic rings. The van der Waals surface area contributed by atoms with Gasteiger partial charge in [0.25, 0.3) is 5.91 Å². The van der Waals surface area contributed by atoms with Gasteiger partial charge in [-0.1, -0.05) is 12.1 Å². The monoisotopic (exact) mass is 347 g/mol. The zero-order chi connectivity index (χ0) is 18.0. The van der Waals surface area contributed by atoms with Crippen LogP contribution in [-0.2, 0) is 12.7 Å². The van der Waals surface area contributed by atoms with E-state index in [0.29, 0.717) is 5.69 Å². The van der Waals surface area contributed by atoms with E-state index in [1.807, 2.05) is 0 Å². The molecule has 1 aromatic carbocycles. The number of aromatic amines is 1. The van der Waals surface area contributed by atoms with E-state index in [4.69, 9.17) is 0 Å². The molecule has 25 heavy (non-hydrogen) atoms. The number of pyridine rings is 2. The second kappa shape index (κ2) is 6.39. The second-order valence-electron chi connectivity index (χ2n) is 5.26. The molecule has 3 rings (SSSR count). The summed E-state index contributed by atoms with van der Waals surface area (Å²) in [5.41, 5.74) is -1.74. The maximum atomic E-state index is 13.0. The molecule has 1 amide bonds. The average Bonchev–Trinajstić information content (AvgIpc) is 2.60. The molecular formula is C17H12F3N3O2. The third-order valence-electron chi connectivity index (χ3n) is 3.62. The number of H-pyrrole nitrogens is 1. The van der Waals surface area contributed by atoms with Crippen molar-refractivity contribution in [3.8, 4) is 0 Å². The summed E-state index contributed by atoms with van der Waals surface area (Å²) in [7, 11) is 0. The number of nitrogens with zero attached hydrogens (tertiary/aromatic N) is 1. The summed E-state index contributed by atoms with van der Waals surface area (Å²) in [6.07, 6.45) is -2.05. The number of hydrogen-bond acceptors (Lipinski definition) is 3. The Balaban J connectivity index is 1.94. The fraction of sp³-hybridized carbons (Fsp3) is 0.118. The Labute approximate surface area is 139 Å². The van der Waals surface area contributed by atoms with Gasteiger partial charge in [0.05, 0.1) is 23.3 Å². The molecule has 0 fully saturated rings. The molecule has 2 N–H and O–H groups in total. The lowest BCUT2D eigenvalue weighted by Crippen LogP contribution is -2.29. The normalized spacial score (nSPS) is 11.5. The predicted molar refractivity (Wildman–Crippen MR) is 85.0 cm³/mol. The van der Waals surface area contributed by atoms with Crippen molar-refractivity contribution in [1.82, 2.24) is 15.3 Å². The molecule has 0 radical (unpaired) electrons. The molecule has 0 saturated heterocycles. The van der Waals surface area contributed by atoms with E-state index in [1.165, 1.54) is 6.07 Å². The molecular weight excluding hydrogens is 335 g/mol. The summed E-state index contributed by atoms with van der Waals surface area (Å²) in [5.74, 6) is -0.689. The van der Waals surface area contributed by atoms with Crippen LogP contribution in [0.3, 0.4) is 0 Å². The molecule has 0 spiro atoms. The van der Waals surface area contributed by atoms with Gasteiger partial charge in [-0.05, 0) is 24.3 Å². The largest absolute Gasteiger partial charge is 0.418 e. The van der Waals surface area contributed by atoms with E-state index in [1.54, 1.807) is 24.4 Å². The summed E-state index contributed by atoms with van der Waals surface area (Å²) in [4.78, 5) is 31.0. The minimum atomic E-state index is -4.61. The number of rotatable bonds is 3. The van der Waals surface area contributed by atoms with Gasteiger partial charge in [0.15, 0.2) is 0 Å². The first kappa shape index (κ1) is 16.7. The summed E-state index contributed by atoms with van der Waals surface area (Å²) in [6.45, 7) is 0.0970. The van der Waals surface area contributed by atoms with Crippen LogP contribution in [0.1, 0.15) is 21.6 Å². The zero-order valence-corrected chi connectivity index (χ0v) is 12.7. The van der Waals surface area contributed by atoms with E-state index < -0.39 is 23.1 Å². The number of aromatic nitrogens is 2. The van der Waals surface area contributed by atoms with Crippen LogP contribution in [0.4, 0.5) is 13.2 Å². The Kier molecular flexibility index (Phi) is 4.26. The molecule has 0 bridgehead atoms. The molecule has 0 aliphatic heterocycles. The molecule has 0 aliphatic carbocycles. The number of alkyl halides is 3. The third kappa shape index (κ3) is 3.37. The van der Waals surface area contributed by atoms with Crippen molar-refractivity contribution in [3.05, 3.63) is 75.8 Å². The van der Waals surface area contributed by atoms with E-state index in [-0.39, 0.29) is 23.0 Å². The van der Waals surface area contributed by atoms with E-state index in [9.17, 15) is 22.8 Å². The number of carbonyl (C=O) groups excluding carboxylic acids is 1. The number of nitrogens with one attached hydrogen (secondary N) is 2. The first-order chi connectivity index (χ1) is 11.9. The van der Waals surface area contributed by atoms with Crippen LogP contribution in [0.15, 0.2) is 53.6 Å². The van der Waals surface area contributed by atoms with Crippen molar-refractivity contribution < 1.29 is 18.0 Å². The van der Waals surface area contributed by atoms with Crippen molar-refractivity contribution in [3.63, 3.8) is 0 Å². The number of amides is 1. The van der Waals surface area contributed by atoms with Gasteiger partial charge >= 0.3 is 6.18 Å². The maximum absolute atomic E-state index is 13.0. The third-order valence-corrected chi connectivity index (χ3v) is 3.62. The Morgan fingerprint density at radius 2 is 1.96 bits per heavy atom. The quantitative estimate of drug-likeness (QED) is 0.765. The minimum Gasteiger partial charge on any atom is -0.360 e. The Bertz CT molecular complexity index is 982. The number of halogens is 3. The fourth-order valence-electron chi connectivity index (χ4n) is 2.43. The topological polar surface area (TPSA) is 74.8 Å². The fourth-order valence-corrected chi connectivity index (χ4v) is 2.43. The molecule has 0 aliphatic rings. The Morgan fingerprint density at radius 1 is 1.16 bits per heavy atom. The minimum absolute atomic E-state index is 0.0970. The molecule has 5 nitrogen and oxygen atoms in total. The second-order valence-corrected chi connectivity index (χ2v) is 5.26. The van der Waals surface area contributed by atoms with Gasteiger partial charge < -0.3 is 10.3 Å². The van der Waals surface area contributed by atoms with Gasteiger partial charge in [-0.25, -0.2) is 0 Å². The van der Waals surface area contributed by atoms with Crippen molar-refractivity contribution in [2.24, 2.45) is 0 Å². The van der Waals surface area contributed by atoms with E-state index >= 15 is 0 Å². The SMILES string of the molecule is O=C(NCc1ccccn1)c1c[nH]c2c(C(F)(F)F)cccc2c1=O. The molecule has 2 aromatic heterocycles. The van der Waals surface area contributed by atoms with Crippen LogP contribution in [0.2, 0.25) is 0 Å². The summed E-state index contributed by atoms with van der Waals surface area (Å²) in [5, 5.41) is 2.33. The van der Waals surface area contributed by atoms with E-state index in [2.05, 4.69) is 15.3 Å². The Morgan fingerprint density at radius 3 is 2.64 bits per heavy atom. The molecule has 128 valence electrons. The van der Waals surface area contributed by atoms with Gasteiger partial charge in [0, 0.05) is 17.8 Å². The lowest BCUT2D eigenvalue weighted by molar-refractivity contribution is -0.136. The standard InChI is InChI=1S/C17H12F3N3O2/c18-17(19,20)13-6-3-5-11-14(13)22-9-12(15(11)24)16(25)23-8-10-4-1-2-7-21-10/h1-7,9H,8H2,(H,22,24)(H,23,25). The molecule has 8 heteroatoms. The number of para-hydroxylation sites is 1. The smallest absolute Gasteiger partial charge is 0.360 e. The van der Waals surface area contributed by atoms with Gasteiger partial charge in [-0.15, -0.1) is 0 Å². The van der Waals surface area contributed by atoms with Crippen LogP contribution in [0, 0.1) is 0 Å². The highest BCUT2D eigenvalue weighted by Gasteiger charge is 2.33. The molecule has 0 saturated carbocycles. The summed E-state index contributed by atoms with van der Waals surface area (Å²) < 4.78 is 39.0. The van der Waals surface area contributed by atoms with Crippen molar-refractivity contribution in [1.29, 1.82) is 0 Å². The van der Waals surface area contributed by atoms with Crippen LogP contribution >= 0.6 is 0 Å². The Hall–Kier alpha value is -3.16. The number of hydrogen-bond donors (Lipinski definition) is 2. The summed E-state index contributed by atoms with van der Waals surface area (Å²) in [6, 6.07) is 8.42. The van der Waals surface area contributed by atoms with Crippen molar-refractivity contribution in [2.75, 3.05) is 0 Å². The van der Waals surface area contributed by atoms with Crippen LogP contribution < -0.4 is 10.7 Å². The zero-order valence-electron chi connectivity index (χ0n) is 12.7. The van der Waals surface area contributed by atoms with Crippen LogP contribution in [0.5, 0.6) is 0 Å². The number of fused-ring (bicyclic) bond motifs is 1. The van der Waals surface area contributed by atoms with Gasteiger partial charge in [-0.3, -0.25) is 14.6 Å². The van der Waals surface area contributed by atoms with Gasteiger partial charge in [0.1, 0.15) is 5.56 Å². The highest BCUT2D eigenvalue weighted by Crippen LogP contribution is 2.32. The van der Waals surface area contributed by atoms with Gasteiger partial charge in [0.2, 0.25) is 5.43 Å². The van der Waals surface area contributed by atoms with Crippen molar-refractivity contribution in [2.45, 2.75) is 12.7 Å². The highest BCUT2D eigenvalue weighted by atomic mass is 19.4. The maximum Gasteiger partial charge on any atom is 0.418 e. The number of benzene rings is 1. The van der Waals surface area contributed by atoms with Crippen molar-refractivity contribution >= 4 is 16.8 Å². The lowest BCUT2D eigenvalue weighted by Gasteiger charge is -2.11. The molecule has 0 unspecified atom stereocenters. The molecule has 2 heterocycles. The average molecular weight is 347 g/mol. The lowest BCUT2D eigenvalue weighted by atomic mass is 10.1. The molecule has 0 atom stereocenters. The predicted octanol–water partition coefficient (Wildman–Crippen LogP) is 2.87. The number of carbonyl (C=O) groups is 1. The van der Waals surface area contributed by atoms with Gasteiger partial charge in [-0.2, -0.15) is 13.2 Å². The van der Waals surface area contributed by atoms with Crippen LogP contribution in [0.25, 0.3) is 10.9 Å². The first-order valence-electron chi connectivity index (χ1n) is 7.27. The first-order valence-corrected chi connectivity index (χ1v) is 7.27. The summed E-state index contributed by atoms with van der Waals surface area (Å²) >= 11 is 0. The van der Waals surface area contributed by atoms with Crippen LogP contribution in [-0.4, -0.2) is 15.9 Å². The highest BCUT2D eigenvalue weighted by molar-refractivity contribution is 5.97.